The van der Waals surface area contributed by atoms with Gasteiger partial charge in [0, 0.05) is 41.3 Å². The van der Waals surface area contributed by atoms with Crippen LogP contribution in [0.5, 0.6) is 0 Å². The summed E-state index contributed by atoms with van der Waals surface area (Å²) in [7, 11) is 3.98. The molecular formula is C22H27ClFN3OS. The van der Waals surface area contributed by atoms with Crippen molar-refractivity contribution in [3.63, 3.8) is 0 Å². The molecule has 0 aromatic heterocycles. The maximum absolute atomic E-state index is 13.2. The molecule has 0 bridgehead atoms. The van der Waals surface area contributed by atoms with Crippen LogP contribution in [0.1, 0.15) is 12.0 Å². The predicted molar refractivity (Wildman–Crippen MR) is 118 cm³/mol. The first-order valence-electron chi connectivity index (χ1n) is 9.74. The molecular weight excluding hydrogens is 409 g/mol. The fourth-order valence-corrected chi connectivity index (χ4v) is 4.93. The number of likely N-dealkylation sites (N-methyl/N-ethyl adjacent to an activating group) is 1. The van der Waals surface area contributed by atoms with E-state index in [1.54, 1.807) is 23.9 Å². The van der Waals surface area contributed by atoms with Gasteiger partial charge in [-0.3, -0.25) is 9.69 Å². The summed E-state index contributed by atoms with van der Waals surface area (Å²) in [6, 6.07) is 14.1. The Hall–Kier alpha value is -1.60. The summed E-state index contributed by atoms with van der Waals surface area (Å²) in [6.07, 6.45) is 0.760. The fourth-order valence-electron chi connectivity index (χ4n) is 3.49. The van der Waals surface area contributed by atoms with Crippen molar-refractivity contribution in [1.29, 1.82) is 0 Å². The SMILES string of the molecule is CN(C)CCNC(=O)[C@@H]1C[C@H](Sc2ccc(F)cc2)CN1Cc1cccc(Cl)c1. The molecule has 2 aromatic rings. The zero-order valence-electron chi connectivity index (χ0n) is 16.8. The molecule has 156 valence electrons. The minimum Gasteiger partial charge on any atom is -0.353 e. The highest BCUT2D eigenvalue weighted by molar-refractivity contribution is 8.00. The quantitative estimate of drug-likeness (QED) is 0.682. The molecule has 7 heteroatoms. The zero-order valence-corrected chi connectivity index (χ0v) is 18.3. The van der Waals surface area contributed by atoms with Gasteiger partial charge >= 0.3 is 0 Å². The molecule has 1 aliphatic heterocycles. The van der Waals surface area contributed by atoms with Gasteiger partial charge < -0.3 is 10.2 Å². The van der Waals surface area contributed by atoms with Crippen molar-refractivity contribution in [3.05, 3.63) is 64.9 Å². The van der Waals surface area contributed by atoms with Crippen LogP contribution in [0.4, 0.5) is 4.39 Å². The zero-order chi connectivity index (χ0) is 20.8. The van der Waals surface area contributed by atoms with Gasteiger partial charge in [0.15, 0.2) is 0 Å². The van der Waals surface area contributed by atoms with Gasteiger partial charge in [0.1, 0.15) is 5.82 Å². The molecule has 2 aromatic carbocycles. The van der Waals surface area contributed by atoms with E-state index in [4.69, 9.17) is 11.6 Å². The van der Waals surface area contributed by atoms with Gasteiger partial charge in [-0.05, 0) is 62.5 Å². The number of carbonyl (C=O) groups excluding carboxylic acids is 1. The lowest BCUT2D eigenvalue weighted by atomic mass is 10.1. The molecule has 1 amide bonds. The summed E-state index contributed by atoms with van der Waals surface area (Å²) in [5.41, 5.74) is 1.09. The average Bonchev–Trinajstić information content (AvgIpc) is 3.05. The van der Waals surface area contributed by atoms with E-state index < -0.39 is 0 Å². The minimum atomic E-state index is -0.235. The normalized spacial score (nSPS) is 19.6. The van der Waals surface area contributed by atoms with Crippen LogP contribution in [0.2, 0.25) is 5.02 Å². The van der Waals surface area contributed by atoms with Gasteiger partial charge in [-0.15, -0.1) is 11.8 Å². The van der Waals surface area contributed by atoms with Gasteiger partial charge in [-0.25, -0.2) is 4.39 Å². The number of carbonyl (C=O) groups is 1. The second kappa shape index (κ2) is 10.4. The van der Waals surface area contributed by atoms with Crippen molar-refractivity contribution >= 4 is 29.3 Å². The van der Waals surface area contributed by atoms with Crippen LogP contribution >= 0.6 is 23.4 Å². The lowest BCUT2D eigenvalue weighted by Crippen LogP contribution is -2.44. The maximum atomic E-state index is 13.2. The number of hydrogen-bond donors (Lipinski definition) is 1. The Labute approximate surface area is 181 Å². The van der Waals surface area contributed by atoms with Crippen LogP contribution in [0.3, 0.4) is 0 Å². The molecule has 3 rings (SSSR count). The molecule has 1 aliphatic rings. The van der Waals surface area contributed by atoms with E-state index >= 15 is 0 Å². The molecule has 0 aliphatic carbocycles. The van der Waals surface area contributed by atoms with Crippen LogP contribution in [0.25, 0.3) is 0 Å². The molecule has 4 nitrogen and oxygen atoms in total. The summed E-state index contributed by atoms with van der Waals surface area (Å²) in [4.78, 5) is 18.2. The third kappa shape index (κ3) is 6.71. The molecule has 29 heavy (non-hydrogen) atoms. The molecule has 0 saturated carbocycles. The maximum Gasteiger partial charge on any atom is 0.237 e. The van der Waals surface area contributed by atoms with Crippen LogP contribution in [0, 0.1) is 5.82 Å². The Bertz CT molecular complexity index is 818. The Kier molecular flexibility index (Phi) is 7.95. The van der Waals surface area contributed by atoms with E-state index in [-0.39, 0.29) is 23.0 Å². The lowest BCUT2D eigenvalue weighted by Gasteiger charge is -2.24. The van der Waals surface area contributed by atoms with Gasteiger partial charge in [0.25, 0.3) is 0 Å². The monoisotopic (exact) mass is 435 g/mol. The lowest BCUT2D eigenvalue weighted by molar-refractivity contribution is -0.125. The highest BCUT2D eigenvalue weighted by Crippen LogP contribution is 2.34. The first-order chi connectivity index (χ1) is 13.9. The summed E-state index contributed by atoms with van der Waals surface area (Å²) >= 11 is 7.84. The first-order valence-corrected chi connectivity index (χ1v) is 11.0. The number of rotatable bonds is 8. The third-order valence-electron chi connectivity index (χ3n) is 4.92. The van der Waals surface area contributed by atoms with Crippen molar-refractivity contribution in [3.8, 4) is 0 Å². The van der Waals surface area contributed by atoms with Crippen LogP contribution < -0.4 is 5.32 Å². The van der Waals surface area contributed by atoms with Gasteiger partial charge in [-0.1, -0.05) is 23.7 Å². The Balaban J connectivity index is 1.68. The van der Waals surface area contributed by atoms with Crippen LogP contribution in [0.15, 0.2) is 53.4 Å². The van der Waals surface area contributed by atoms with Crippen molar-refractivity contribution < 1.29 is 9.18 Å². The van der Waals surface area contributed by atoms with Gasteiger partial charge in [0.2, 0.25) is 5.91 Å². The van der Waals surface area contributed by atoms with Crippen LogP contribution in [-0.2, 0) is 11.3 Å². The number of benzene rings is 2. The standard InChI is InChI=1S/C22H27ClFN3OS/c1-26(2)11-10-25-22(28)21-13-20(29-19-8-6-18(24)7-9-19)15-27(21)14-16-4-3-5-17(23)12-16/h3-9,12,20-21H,10-11,13-15H2,1-2H3,(H,25,28)/t20-,21-/m0/s1. The number of nitrogens with zero attached hydrogens (tertiary/aromatic N) is 2. The molecule has 1 heterocycles. The van der Waals surface area contributed by atoms with Crippen molar-refractivity contribution in [1.82, 2.24) is 15.1 Å². The second-order valence-electron chi connectivity index (χ2n) is 7.60. The fraction of sp³-hybridized carbons (Fsp3) is 0.409. The molecule has 1 saturated heterocycles. The molecule has 0 spiro atoms. The molecule has 1 N–H and O–H groups in total. The molecule has 2 atom stereocenters. The Morgan fingerprint density at radius 2 is 2.03 bits per heavy atom. The summed E-state index contributed by atoms with van der Waals surface area (Å²) in [6.45, 7) is 2.90. The Morgan fingerprint density at radius 3 is 2.72 bits per heavy atom. The van der Waals surface area contributed by atoms with E-state index in [0.717, 1.165) is 30.0 Å². The first kappa shape index (κ1) is 22.1. The number of likely N-dealkylation sites (tertiary alicyclic amines) is 1. The van der Waals surface area contributed by atoms with Gasteiger partial charge in [0.05, 0.1) is 6.04 Å². The third-order valence-corrected chi connectivity index (χ3v) is 6.37. The number of hydrogen-bond acceptors (Lipinski definition) is 4. The van der Waals surface area contributed by atoms with Crippen LogP contribution in [-0.4, -0.2) is 60.7 Å². The van der Waals surface area contributed by atoms with E-state index in [1.807, 2.05) is 43.3 Å². The summed E-state index contributed by atoms with van der Waals surface area (Å²) < 4.78 is 13.2. The van der Waals surface area contributed by atoms with E-state index in [9.17, 15) is 9.18 Å². The van der Waals surface area contributed by atoms with E-state index in [1.165, 1.54) is 12.1 Å². The number of amides is 1. The van der Waals surface area contributed by atoms with Gasteiger partial charge in [-0.2, -0.15) is 0 Å². The smallest absolute Gasteiger partial charge is 0.237 e. The van der Waals surface area contributed by atoms with Crippen molar-refractivity contribution in [2.45, 2.75) is 29.2 Å². The van der Waals surface area contributed by atoms with Crippen molar-refractivity contribution in [2.24, 2.45) is 0 Å². The average molecular weight is 436 g/mol. The van der Waals surface area contributed by atoms with E-state index in [0.29, 0.717) is 18.1 Å². The highest BCUT2D eigenvalue weighted by Gasteiger charge is 2.37. The second-order valence-corrected chi connectivity index (χ2v) is 9.41. The number of nitrogens with one attached hydrogen (secondary N) is 1. The summed E-state index contributed by atoms with van der Waals surface area (Å²) in [5.74, 6) is -0.169. The Morgan fingerprint density at radius 1 is 1.28 bits per heavy atom. The minimum absolute atomic E-state index is 0.0658. The van der Waals surface area contributed by atoms with Crippen molar-refractivity contribution in [2.75, 3.05) is 33.7 Å². The summed E-state index contributed by atoms with van der Waals surface area (Å²) in [5, 5.41) is 4.04. The number of halogens is 2. The molecule has 0 radical (unpaired) electrons. The topological polar surface area (TPSA) is 35.6 Å². The van der Waals surface area contributed by atoms with E-state index in [2.05, 4.69) is 10.2 Å². The molecule has 0 unspecified atom stereocenters. The predicted octanol–water partition coefficient (Wildman–Crippen LogP) is 3.89. The highest BCUT2D eigenvalue weighted by atomic mass is 35.5. The molecule has 1 fully saturated rings. The largest absolute Gasteiger partial charge is 0.353 e. The number of thioether (sulfide) groups is 1.